The molecule has 2 heterocycles. The fraction of sp³-hybridized carbons (Fsp3) is 0.400. The molecule has 11 heteroatoms. The Morgan fingerprint density at radius 3 is 2.50 bits per heavy atom. The molecule has 3 rings (SSSR count). The van der Waals surface area contributed by atoms with Gasteiger partial charge in [0.2, 0.25) is 10.0 Å². The van der Waals surface area contributed by atoms with E-state index in [0.29, 0.717) is 25.3 Å². The van der Waals surface area contributed by atoms with Gasteiger partial charge in [-0.15, -0.1) is 0 Å². The summed E-state index contributed by atoms with van der Waals surface area (Å²) in [6.07, 6.45) is 3.64. The molecule has 26 heavy (non-hydrogen) atoms. The average Bonchev–Trinajstić information content (AvgIpc) is 2.99. The molecule has 0 atom stereocenters. The Kier molecular flexibility index (Phi) is 4.94. The third-order valence-electron chi connectivity index (χ3n) is 4.47. The standard InChI is InChI=1S/C15H20N6O4S/c1-18-5-4-17-15(18)11-19-6-8-20(9-7-19)13-3-2-12(26(16,24)25)10-14(13)21(22)23/h2-5,10H,6-9,11H2,1H3,(H2,16,24,25). The van der Waals surface area contributed by atoms with Crippen LogP contribution < -0.4 is 10.0 Å². The maximum Gasteiger partial charge on any atom is 0.293 e. The smallest absolute Gasteiger partial charge is 0.293 e. The van der Waals surface area contributed by atoms with Crippen LogP contribution in [0, 0.1) is 10.1 Å². The molecule has 0 radical (unpaired) electrons. The number of aromatic nitrogens is 2. The summed E-state index contributed by atoms with van der Waals surface area (Å²) < 4.78 is 24.8. The summed E-state index contributed by atoms with van der Waals surface area (Å²) in [5.41, 5.74) is 0.146. The van der Waals surface area contributed by atoms with Crippen molar-refractivity contribution >= 4 is 21.4 Å². The molecule has 1 aliphatic rings. The summed E-state index contributed by atoms with van der Waals surface area (Å²) in [7, 11) is -2.05. The molecule has 0 aliphatic carbocycles. The molecule has 1 aromatic carbocycles. The molecule has 0 unspecified atom stereocenters. The lowest BCUT2D eigenvalue weighted by atomic mass is 10.2. The third kappa shape index (κ3) is 3.84. The number of anilines is 1. The van der Waals surface area contributed by atoms with Gasteiger partial charge in [0.1, 0.15) is 11.5 Å². The normalized spacial score (nSPS) is 16.0. The van der Waals surface area contributed by atoms with Crippen LogP contribution in [-0.4, -0.2) is 54.0 Å². The van der Waals surface area contributed by atoms with Crippen LogP contribution in [0.15, 0.2) is 35.5 Å². The van der Waals surface area contributed by atoms with Gasteiger partial charge in [-0.05, 0) is 12.1 Å². The van der Waals surface area contributed by atoms with Gasteiger partial charge in [-0.3, -0.25) is 15.0 Å². The van der Waals surface area contributed by atoms with Crippen molar-refractivity contribution in [2.24, 2.45) is 12.2 Å². The van der Waals surface area contributed by atoms with Crippen molar-refractivity contribution < 1.29 is 13.3 Å². The molecule has 1 aliphatic heterocycles. The Bertz CT molecular complexity index is 918. The van der Waals surface area contributed by atoms with Gasteiger partial charge in [0.05, 0.1) is 16.4 Å². The van der Waals surface area contributed by atoms with Crippen molar-refractivity contribution in [1.29, 1.82) is 0 Å². The highest BCUT2D eigenvalue weighted by Crippen LogP contribution is 2.31. The SMILES string of the molecule is Cn1ccnc1CN1CCN(c2ccc(S(N)(=O)=O)cc2[N+](=O)[O-])CC1. The molecular weight excluding hydrogens is 360 g/mol. The van der Waals surface area contributed by atoms with E-state index < -0.39 is 14.9 Å². The van der Waals surface area contributed by atoms with Gasteiger partial charge < -0.3 is 9.47 Å². The zero-order valence-electron chi connectivity index (χ0n) is 14.3. The quantitative estimate of drug-likeness (QED) is 0.583. The van der Waals surface area contributed by atoms with E-state index in [1.807, 2.05) is 22.7 Å². The Morgan fingerprint density at radius 1 is 1.27 bits per heavy atom. The molecule has 140 valence electrons. The lowest BCUT2D eigenvalue weighted by Crippen LogP contribution is -2.46. The molecule has 2 N–H and O–H groups in total. The molecule has 0 bridgehead atoms. The number of nitro groups is 1. The van der Waals surface area contributed by atoms with Crippen LogP contribution in [0.3, 0.4) is 0 Å². The van der Waals surface area contributed by atoms with Gasteiger partial charge in [-0.2, -0.15) is 0 Å². The number of nitrogens with zero attached hydrogens (tertiary/aromatic N) is 5. The van der Waals surface area contributed by atoms with Crippen LogP contribution in [0.25, 0.3) is 0 Å². The summed E-state index contributed by atoms with van der Waals surface area (Å²) in [5.74, 6) is 0.960. The Hall–Kier alpha value is -2.50. The number of nitrogens with two attached hydrogens (primary N) is 1. The predicted molar refractivity (Wildman–Crippen MR) is 95.2 cm³/mol. The number of primary sulfonamides is 1. The monoisotopic (exact) mass is 380 g/mol. The largest absolute Gasteiger partial charge is 0.363 e. The molecule has 0 spiro atoms. The predicted octanol–water partition coefficient (Wildman–Crippen LogP) is 0.298. The number of sulfonamides is 1. The average molecular weight is 380 g/mol. The second-order valence-corrected chi connectivity index (χ2v) is 7.73. The number of aryl methyl sites for hydroxylation is 1. The third-order valence-corrected chi connectivity index (χ3v) is 5.38. The minimum Gasteiger partial charge on any atom is -0.363 e. The van der Waals surface area contributed by atoms with E-state index in [-0.39, 0.29) is 10.6 Å². The number of hydrogen-bond donors (Lipinski definition) is 1. The van der Waals surface area contributed by atoms with Gasteiger partial charge in [0, 0.05) is 51.7 Å². The summed E-state index contributed by atoms with van der Waals surface area (Å²) in [6, 6.07) is 3.77. The second-order valence-electron chi connectivity index (χ2n) is 6.17. The molecule has 0 saturated carbocycles. The van der Waals surface area contributed by atoms with Crippen molar-refractivity contribution in [3.63, 3.8) is 0 Å². The fourth-order valence-electron chi connectivity index (χ4n) is 2.99. The summed E-state index contributed by atoms with van der Waals surface area (Å²) in [4.78, 5) is 19.0. The topological polar surface area (TPSA) is 128 Å². The van der Waals surface area contributed by atoms with E-state index in [4.69, 9.17) is 5.14 Å². The zero-order valence-corrected chi connectivity index (χ0v) is 15.1. The van der Waals surface area contributed by atoms with E-state index in [1.165, 1.54) is 12.1 Å². The first-order valence-electron chi connectivity index (χ1n) is 8.00. The van der Waals surface area contributed by atoms with Crippen LogP contribution in [0.5, 0.6) is 0 Å². The highest BCUT2D eigenvalue weighted by molar-refractivity contribution is 7.89. The molecule has 1 fully saturated rings. The lowest BCUT2D eigenvalue weighted by molar-refractivity contribution is -0.384. The van der Waals surface area contributed by atoms with Crippen molar-refractivity contribution in [3.05, 3.63) is 46.5 Å². The maximum atomic E-state index is 11.4. The van der Waals surface area contributed by atoms with E-state index in [1.54, 1.807) is 6.20 Å². The summed E-state index contributed by atoms with van der Waals surface area (Å²) in [5, 5.41) is 16.4. The Labute approximate surface area is 151 Å². The number of hydrogen-bond acceptors (Lipinski definition) is 7. The first-order valence-corrected chi connectivity index (χ1v) is 9.55. The van der Waals surface area contributed by atoms with E-state index >= 15 is 0 Å². The van der Waals surface area contributed by atoms with Crippen LogP contribution in [-0.2, 0) is 23.6 Å². The number of rotatable bonds is 5. The van der Waals surface area contributed by atoms with E-state index in [0.717, 1.165) is 25.0 Å². The Balaban J connectivity index is 1.74. The number of benzene rings is 1. The van der Waals surface area contributed by atoms with E-state index in [2.05, 4.69) is 9.88 Å². The minimum atomic E-state index is -3.99. The van der Waals surface area contributed by atoms with Gasteiger partial charge >= 0.3 is 0 Å². The molecule has 1 aromatic heterocycles. The number of nitro benzene ring substituents is 1. The lowest BCUT2D eigenvalue weighted by Gasteiger charge is -2.35. The number of piperazine rings is 1. The highest BCUT2D eigenvalue weighted by Gasteiger charge is 2.26. The summed E-state index contributed by atoms with van der Waals surface area (Å²) >= 11 is 0. The maximum absolute atomic E-state index is 11.4. The minimum absolute atomic E-state index is 0.255. The fourth-order valence-corrected chi connectivity index (χ4v) is 3.52. The molecule has 0 amide bonds. The van der Waals surface area contributed by atoms with Crippen LogP contribution in [0.4, 0.5) is 11.4 Å². The molecule has 1 saturated heterocycles. The van der Waals surface area contributed by atoms with Gasteiger partial charge in [0.25, 0.3) is 5.69 Å². The van der Waals surface area contributed by atoms with Gasteiger partial charge in [0.15, 0.2) is 0 Å². The highest BCUT2D eigenvalue weighted by atomic mass is 32.2. The molecule has 10 nitrogen and oxygen atoms in total. The first-order chi connectivity index (χ1) is 12.3. The second kappa shape index (κ2) is 7.02. The van der Waals surface area contributed by atoms with Gasteiger partial charge in [-0.1, -0.05) is 0 Å². The molecular formula is C15H20N6O4S. The Morgan fingerprint density at radius 2 is 1.96 bits per heavy atom. The first kappa shape index (κ1) is 18.3. The zero-order chi connectivity index (χ0) is 18.9. The van der Waals surface area contributed by atoms with Gasteiger partial charge in [-0.25, -0.2) is 18.5 Å². The molecule has 2 aromatic rings. The van der Waals surface area contributed by atoms with Crippen LogP contribution in [0.2, 0.25) is 0 Å². The number of imidazole rings is 1. The summed E-state index contributed by atoms with van der Waals surface area (Å²) in [6.45, 7) is 3.35. The van der Waals surface area contributed by atoms with E-state index in [9.17, 15) is 18.5 Å². The van der Waals surface area contributed by atoms with Crippen molar-refractivity contribution in [1.82, 2.24) is 14.5 Å². The van der Waals surface area contributed by atoms with Crippen molar-refractivity contribution in [3.8, 4) is 0 Å². The van der Waals surface area contributed by atoms with Crippen molar-refractivity contribution in [2.45, 2.75) is 11.4 Å². The van der Waals surface area contributed by atoms with Crippen LogP contribution in [0.1, 0.15) is 5.82 Å². The van der Waals surface area contributed by atoms with Crippen LogP contribution >= 0.6 is 0 Å². The van der Waals surface area contributed by atoms with Crippen molar-refractivity contribution in [2.75, 3.05) is 31.1 Å².